The minimum Gasteiger partial charge on any atom is -0.434 e. The number of benzene rings is 2. The summed E-state index contributed by atoms with van der Waals surface area (Å²) < 4.78 is 48.9. The maximum absolute atomic E-state index is 13.3. The summed E-state index contributed by atoms with van der Waals surface area (Å²) >= 11 is 0. The van der Waals surface area contributed by atoms with E-state index in [1.165, 1.54) is 6.07 Å². The molecule has 2 aromatic carbocycles. The van der Waals surface area contributed by atoms with Gasteiger partial charge in [0.15, 0.2) is 5.78 Å². The van der Waals surface area contributed by atoms with Crippen LogP contribution in [0.25, 0.3) is 22.2 Å². The average molecular weight is 534 g/mol. The number of hydrogen-bond donors (Lipinski definition) is 2. The molecule has 10 heteroatoms. The summed E-state index contributed by atoms with van der Waals surface area (Å²) in [7, 11) is 0. The molecule has 1 fully saturated rings. The van der Waals surface area contributed by atoms with Crippen molar-refractivity contribution in [3.8, 4) is 16.9 Å². The Morgan fingerprint density at radius 3 is 2.72 bits per heavy atom. The summed E-state index contributed by atoms with van der Waals surface area (Å²) in [6.45, 7) is -3.72. The molecule has 2 aliphatic carbocycles. The predicted octanol–water partition coefficient (Wildman–Crippen LogP) is 4.70. The van der Waals surface area contributed by atoms with E-state index < -0.39 is 24.1 Å². The summed E-state index contributed by atoms with van der Waals surface area (Å²) in [4.78, 5) is 26.9. The van der Waals surface area contributed by atoms with Crippen molar-refractivity contribution in [2.24, 2.45) is 11.1 Å². The number of ether oxygens (including phenoxy) is 1. The number of halogens is 2. The van der Waals surface area contributed by atoms with E-state index in [1.807, 2.05) is 22.8 Å². The number of carbonyl (C=O) groups excluding carboxylic acids is 1. The third kappa shape index (κ3) is 3.69. The molecular weight excluding hydrogens is 504 g/mol. The molecule has 0 saturated heterocycles. The molecule has 3 heterocycles. The molecule has 200 valence electrons. The number of fused-ring (bicyclic) bond motifs is 9. The van der Waals surface area contributed by atoms with Gasteiger partial charge in [-0.05, 0) is 48.4 Å². The minimum atomic E-state index is -3.02. The molecule has 0 radical (unpaired) electrons. The Labute approximate surface area is 225 Å². The Bertz CT molecular complexity index is 1710. The Hall–Kier alpha value is -3.76. The highest BCUT2D eigenvalue weighted by Crippen LogP contribution is 2.52. The highest BCUT2D eigenvalue weighted by Gasteiger charge is 2.52. The molecule has 1 aliphatic heterocycles. The number of rotatable bonds is 5. The van der Waals surface area contributed by atoms with Crippen LogP contribution in [0.2, 0.25) is 0 Å². The van der Waals surface area contributed by atoms with Gasteiger partial charge in [-0.1, -0.05) is 25.1 Å². The van der Waals surface area contributed by atoms with Gasteiger partial charge in [0.05, 0.1) is 25.4 Å². The molecule has 3 aliphatic rings. The number of nitrogens with zero attached hydrogens (tertiary/aromatic N) is 4. The van der Waals surface area contributed by atoms with Gasteiger partial charge in [-0.15, -0.1) is 0 Å². The number of aromatic nitrogens is 4. The van der Waals surface area contributed by atoms with Crippen molar-refractivity contribution in [1.82, 2.24) is 19.5 Å². The summed E-state index contributed by atoms with van der Waals surface area (Å²) in [5.74, 6) is 0.886. The van der Waals surface area contributed by atoms with Gasteiger partial charge in [-0.2, -0.15) is 8.78 Å². The number of hydrogen-bond acceptors (Lipinski definition) is 7. The second-order valence-electron chi connectivity index (χ2n) is 11.2. The van der Waals surface area contributed by atoms with Gasteiger partial charge in [0.25, 0.3) is 0 Å². The Balaban J connectivity index is 1.26. The maximum Gasteiger partial charge on any atom is 0.387 e. The van der Waals surface area contributed by atoms with Crippen LogP contribution in [0.1, 0.15) is 74.9 Å². The minimum absolute atomic E-state index is 0.00317. The van der Waals surface area contributed by atoms with Crippen molar-refractivity contribution in [2.75, 3.05) is 6.56 Å². The van der Waals surface area contributed by atoms with Crippen molar-refractivity contribution in [1.29, 1.82) is 0 Å². The predicted molar refractivity (Wildman–Crippen MR) is 139 cm³/mol. The highest BCUT2D eigenvalue weighted by atomic mass is 19.3. The fourth-order valence-electron chi connectivity index (χ4n) is 6.78. The van der Waals surface area contributed by atoms with E-state index in [-0.39, 0.29) is 42.8 Å². The number of Topliss-reactive ketones (excluding diaryl/α,β-unsaturated/α-hetero) is 1. The smallest absolute Gasteiger partial charge is 0.387 e. The lowest BCUT2D eigenvalue weighted by molar-refractivity contribution is -0.0507. The van der Waals surface area contributed by atoms with E-state index in [1.54, 1.807) is 31.5 Å². The van der Waals surface area contributed by atoms with Crippen molar-refractivity contribution in [3.63, 3.8) is 0 Å². The number of ketones is 1. The second kappa shape index (κ2) is 8.37. The van der Waals surface area contributed by atoms with Crippen LogP contribution in [-0.4, -0.2) is 43.6 Å². The zero-order valence-electron chi connectivity index (χ0n) is 23.1. The van der Waals surface area contributed by atoms with E-state index in [0.29, 0.717) is 23.4 Å². The van der Waals surface area contributed by atoms with Gasteiger partial charge in [-0.3, -0.25) is 4.79 Å². The SMILES string of the molecule is [2H]C([2H])(O)C1(C)CC(N)(c2ncc(-c3ccc4nc5n(c4c3)[C@@H]3C[C@H]5CC(=O)c4cccc(OC(F)F)c43)cn2)C1. The fraction of sp³-hybridized carbons (Fsp3) is 0.379. The third-order valence-electron chi connectivity index (χ3n) is 8.36. The molecule has 2 atom stereocenters. The van der Waals surface area contributed by atoms with Gasteiger partial charge in [0.1, 0.15) is 17.4 Å². The number of imidazole rings is 1. The van der Waals surface area contributed by atoms with Crippen molar-refractivity contribution in [2.45, 2.75) is 56.7 Å². The van der Waals surface area contributed by atoms with Gasteiger partial charge in [0.2, 0.25) is 0 Å². The van der Waals surface area contributed by atoms with Crippen LogP contribution in [0.5, 0.6) is 5.75 Å². The van der Waals surface area contributed by atoms with Crippen LogP contribution in [-0.2, 0) is 5.54 Å². The van der Waals surface area contributed by atoms with Crippen molar-refractivity contribution < 1.29 is 26.2 Å². The quantitative estimate of drug-likeness (QED) is 0.382. The molecule has 2 bridgehead atoms. The largest absolute Gasteiger partial charge is 0.434 e. The molecule has 0 amide bonds. The number of carbonyl (C=O) groups is 1. The lowest BCUT2D eigenvalue weighted by atomic mass is 9.58. The Kier molecular flexibility index (Phi) is 4.74. The first kappa shape index (κ1) is 22.1. The van der Waals surface area contributed by atoms with E-state index in [0.717, 1.165) is 28.0 Å². The molecule has 4 aromatic rings. The van der Waals surface area contributed by atoms with Crippen molar-refractivity contribution in [3.05, 3.63) is 71.6 Å². The van der Waals surface area contributed by atoms with E-state index in [9.17, 15) is 18.7 Å². The van der Waals surface area contributed by atoms with E-state index in [2.05, 4.69) is 9.97 Å². The normalized spacial score (nSPS) is 28.4. The Morgan fingerprint density at radius 2 is 2.00 bits per heavy atom. The average Bonchev–Trinajstić information content (AvgIpc) is 3.39. The summed E-state index contributed by atoms with van der Waals surface area (Å²) in [6, 6.07) is 10.1. The first-order valence-electron chi connectivity index (χ1n) is 13.8. The van der Waals surface area contributed by atoms with E-state index in [4.69, 9.17) is 18.2 Å². The fourth-order valence-corrected chi connectivity index (χ4v) is 6.78. The molecular formula is C29H27F2N5O3. The monoisotopic (exact) mass is 533 g/mol. The van der Waals surface area contributed by atoms with Gasteiger partial charge in [0, 0.05) is 48.0 Å². The van der Waals surface area contributed by atoms with Crippen LogP contribution < -0.4 is 10.5 Å². The first-order chi connectivity index (χ1) is 19.4. The van der Waals surface area contributed by atoms with Gasteiger partial charge < -0.3 is 20.1 Å². The topological polar surface area (TPSA) is 116 Å². The molecule has 8 nitrogen and oxygen atoms in total. The van der Waals surface area contributed by atoms with Crippen molar-refractivity contribution >= 4 is 16.8 Å². The second-order valence-corrected chi connectivity index (χ2v) is 11.2. The summed E-state index contributed by atoms with van der Waals surface area (Å²) in [5.41, 5.74) is 8.50. The Morgan fingerprint density at radius 1 is 1.23 bits per heavy atom. The first-order valence-corrected chi connectivity index (χ1v) is 12.8. The van der Waals surface area contributed by atoms with Gasteiger partial charge in [-0.25, -0.2) is 15.0 Å². The van der Waals surface area contributed by atoms with Gasteiger partial charge >= 0.3 is 6.61 Å². The zero-order valence-corrected chi connectivity index (χ0v) is 21.1. The van der Waals surface area contributed by atoms with E-state index >= 15 is 0 Å². The van der Waals surface area contributed by atoms with Crippen LogP contribution >= 0.6 is 0 Å². The maximum atomic E-state index is 13.3. The van der Waals surface area contributed by atoms with Crippen LogP contribution in [0.3, 0.4) is 0 Å². The molecule has 0 unspecified atom stereocenters. The third-order valence-corrected chi connectivity index (χ3v) is 8.36. The zero-order chi connectivity index (χ0) is 28.9. The van der Waals surface area contributed by atoms with Crippen LogP contribution in [0.4, 0.5) is 8.78 Å². The number of nitrogens with two attached hydrogens (primary N) is 1. The molecule has 1 saturated carbocycles. The van der Waals surface area contributed by atoms with Crippen LogP contribution in [0.15, 0.2) is 48.8 Å². The summed E-state index contributed by atoms with van der Waals surface area (Å²) in [6.07, 6.45) is 4.54. The lowest BCUT2D eigenvalue weighted by Crippen LogP contribution is -2.56. The number of aliphatic hydroxyl groups is 1. The summed E-state index contributed by atoms with van der Waals surface area (Å²) in [5, 5.41) is 9.87. The molecule has 0 spiro atoms. The standard InChI is InChI=1S/C29H27F2N5O3/c1-28(14-37)12-29(32,13-28)26-33-10-17(11-34-26)15-5-6-19-20(7-15)36-21-8-16(25(36)35-19)9-22(38)18-3-2-4-23(24(18)21)39-27(30)31/h2-7,10-11,16,21,27,37H,8-9,12-14,32H2,1H3/t16-,21+,28?,29?/m0/s1/i14D2. The highest BCUT2D eigenvalue weighted by molar-refractivity contribution is 6.00. The number of alkyl halides is 2. The van der Waals surface area contributed by atoms with Crippen LogP contribution in [0, 0.1) is 5.41 Å². The molecule has 7 rings (SSSR count). The lowest BCUT2D eigenvalue weighted by Gasteiger charge is -2.50. The molecule has 39 heavy (non-hydrogen) atoms. The molecule has 3 N–H and O–H groups in total. The molecule has 2 aromatic heterocycles.